The second-order valence-electron chi connectivity index (χ2n) is 12.1. The van der Waals surface area contributed by atoms with Crippen LogP contribution in [0.15, 0.2) is 77.7 Å². The molecule has 3 aliphatic heterocycles. The highest BCUT2D eigenvalue weighted by atomic mass is 32.3. The lowest BCUT2D eigenvalue weighted by Crippen LogP contribution is -2.51. The van der Waals surface area contributed by atoms with Crippen molar-refractivity contribution in [3.05, 3.63) is 89.1 Å². The maximum Gasteiger partial charge on any atom is 0.123 e. The summed E-state index contributed by atoms with van der Waals surface area (Å²) in [5, 5.41) is 1.85. The first-order valence-corrected chi connectivity index (χ1v) is 17.7. The van der Waals surface area contributed by atoms with Crippen LogP contribution in [0.2, 0.25) is 0 Å². The highest BCUT2D eigenvalue weighted by Crippen LogP contribution is 2.86. The smallest absolute Gasteiger partial charge is 0.123 e. The minimum atomic E-state index is -0.235. The Labute approximate surface area is 245 Å². The summed E-state index contributed by atoms with van der Waals surface area (Å²) in [5.41, 5.74) is 8.76. The van der Waals surface area contributed by atoms with E-state index >= 15 is 0 Å². The van der Waals surface area contributed by atoms with Crippen LogP contribution in [-0.4, -0.2) is 46.2 Å². The molecule has 5 rings (SSSR count). The van der Waals surface area contributed by atoms with E-state index in [0.29, 0.717) is 6.04 Å². The third-order valence-corrected chi connectivity index (χ3v) is 14.0. The minimum Gasteiger partial charge on any atom is -0.381 e. The average molecular weight is 566 g/mol. The normalized spacial score (nSPS) is 27.9. The molecule has 0 bridgehead atoms. The molecule has 0 N–H and O–H groups in total. The molecule has 1 aromatic carbocycles. The van der Waals surface area contributed by atoms with E-state index in [1.54, 1.807) is 12.1 Å². The Morgan fingerprint density at radius 1 is 1.05 bits per heavy atom. The highest BCUT2D eigenvalue weighted by molar-refractivity contribution is 8.42. The first-order valence-electron chi connectivity index (χ1n) is 15.6. The number of unbranched alkanes of at least 4 members (excludes halogenated alkanes) is 1. The highest BCUT2D eigenvalue weighted by Gasteiger charge is 2.72. The number of hydrogen-bond acceptors (Lipinski definition) is 2. The fourth-order valence-corrected chi connectivity index (χ4v) is 12.5. The van der Waals surface area contributed by atoms with Crippen molar-refractivity contribution in [3.63, 3.8) is 0 Å². The summed E-state index contributed by atoms with van der Waals surface area (Å²) < 4.78 is 18.6. The van der Waals surface area contributed by atoms with E-state index in [1.807, 2.05) is 12.1 Å². The number of nitrogens with zero attached hydrogens (tertiary/aromatic N) is 1. The molecule has 4 unspecified atom stereocenters. The zero-order valence-corrected chi connectivity index (χ0v) is 26.6. The van der Waals surface area contributed by atoms with Gasteiger partial charge in [0.05, 0.1) is 6.04 Å². The SMILES string of the molecule is C=C(C)N(C(=C)/C(C)=C/C1=C(CCCC)C=C(c2ccc(F)cc2)C1)C1C2CCCS23CC13.CCCOCCC. The fourth-order valence-electron chi connectivity index (χ4n) is 6.95. The van der Waals surface area contributed by atoms with Gasteiger partial charge in [-0.1, -0.05) is 64.6 Å². The van der Waals surface area contributed by atoms with E-state index in [4.69, 9.17) is 4.74 Å². The molecule has 0 radical (unpaired) electrons. The lowest BCUT2D eigenvalue weighted by Gasteiger charge is -2.50. The van der Waals surface area contributed by atoms with Crippen molar-refractivity contribution < 1.29 is 9.13 Å². The molecule has 1 spiro atoms. The maximum atomic E-state index is 13.4. The Balaban J connectivity index is 0.000000470. The van der Waals surface area contributed by atoms with Crippen LogP contribution in [-0.2, 0) is 4.74 Å². The molecule has 4 heteroatoms. The number of hydrogen-bond donors (Lipinski definition) is 0. The van der Waals surface area contributed by atoms with E-state index in [9.17, 15) is 4.39 Å². The molecule has 0 aromatic heterocycles. The number of allylic oxidation sites excluding steroid dienone is 7. The van der Waals surface area contributed by atoms with Gasteiger partial charge in [0.15, 0.2) is 0 Å². The fraction of sp³-hybridized carbons (Fsp3) is 0.556. The quantitative estimate of drug-likeness (QED) is 0.134. The van der Waals surface area contributed by atoms with Gasteiger partial charge in [-0.05, 0) is 110 Å². The van der Waals surface area contributed by atoms with Gasteiger partial charge in [-0.25, -0.2) is 14.4 Å². The van der Waals surface area contributed by atoms with Crippen LogP contribution < -0.4 is 0 Å². The van der Waals surface area contributed by atoms with Crippen LogP contribution in [0.3, 0.4) is 0 Å². The van der Waals surface area contributed by atoms with Gasteiger partial charge in [-0.15, -0.1) is 0 Å². The van der Waals surface area contributed by atoms with Crippen LogP contribution in [0, 0.1) is 5.82 Å². The van der Waals surface area contributed by atoms with Gasteiger partial charge in [0.1, 0.15) is 5.82 Å². The van der Waals surface area contributed by atoms with Crippen molar-refractivity contribution in [1.29, 1.82) is 0 Å². The molecule has 1 aromatic rings. The molecule has 3 saturated heterocycles. The van der Waals surface area contributed by atoms with Crippen molar-refractivity contribution >= 4 is 15.6 Å². The van der Waals surface area contributed by atoms with Crippen LogP contribution in [0.5, 0.6) is 0 Å². The van der Waals surface area contributed by atoms with Crippen molar-refractivity contribution in [3.8, 4) is 0 Å². The summed E-state index contributed by atoms with van der Waals surface area (Å²) in [7, 11) is -0.235. The summed E-state index contributed by atoms with van der Waals surface area (Å²) in [6.45, 7) is 21.7. The maximum absolute atomic E-state index is 13.4. The minimum absolute atomic E-state index is 0.177. The molecule has 4 aliphatic rings. The van der Waals surface area contributed by atoms with Crippen molar-refractivity contribution in [2.75, 3.05) is 24.7 Å². The van der Waals surface area contributed by atoms with Gasteiger partial charge < -0.3 is 9.64 Å². The van der Waals surface area contributed by atoms with Crippen molar-refractivity contribution in [1.82, 2.24) is 4.90 Å². The Kier molecular flexibility index (Phi) is 10.6. The zero-order chi connectivity index (χ0) is 28.9. The van der Waals surface area contributed by atoms with Crippen molar-refractivity contribution in [2.45, 2.75) is 103 Å². The van der Waals surface area contributed by atoms with E-state index in [-0.39, 0.29) is 15.8 Å². The molecule has 2 nitrogen and oxygen atoms in total. The molecular formula is C36H52FNOS. The van der Waals surface area contributed by atoms with Crippen LogP contribution >= 0.6 is 10.0 Å². The van der Waals surface area contributed by atoms with Gasteiger partial charge in [0, 0.05) is 35.1 Å². The molecule has 0 amide bonds. The summed E-state index contributed by atoms with van der Waals surface area (Å²) in [6, 6.07) is 7.58. The molecule has 1 aliphatic carbocycles. The second kappa shape index (κ2) is 13.7. The Hall–Kier alpha value is -2.04. The summed E-state index contributed by atoms with van der Waals surface area (Å²) in [5.74, 6) is 2.85. The summed E-state index contributed by atoms with van der Waals surface area (Å²) in [4.78, 5) is 2.50. The van der Waals surface area contributed by atoms with E-state index in [2.05, 4.69) is 64.8 Å². The number of halogens is 1. The van der Waals surface area contributed by atoms with E-state index in [0.717, 1.165) is 66.4 Å². The molecular weight excluding hydrogens is 513 g/mol. The third-order valence-electron chi connectivity index (χ3n) is 9.04. The second-order valence-corrected chi connectivity index (χ2v) is 16.1. The van der Waals surface area contributed by atoms with Crippen LogP contribution in [0.4, 0.5) is 4.39 Å². The Morgan fingerprint density at radius 3 is 2.38 bits per heavy atom. The molecule has 4 atom stereocenters. The van der Waals surface area contributed by atoms with Gasteiger partial charge in [-0.2, -0.15) is 0 Å². The number of rotatable bonds is 13. The standard InChI is InChI=1S/C30H38FNS.C6H14O/c1-6-7-9-24-17-26(23-11-13-27(31)14-12-23)18-25(24)16-21(4)22(5)32(20(2)3)30-28-10-8-15-33(28)19-29(30)33;1-3-5-7-6-4-2/h11-14,16-17,28-30H,2,5-10,15,18-19H2,1,3-4H3;3-6H2,1-2H3/b21-16+;. The summed E-state index contributed by atoms with van der Waals surface area (Å²) in [6.07, 6.45) is 14.2. The monoisotopic (exact) mass is 565 g/mol. The lowest BCUT2D eigenvalue weighted by atomic mass is 9.98. The number of ether oxygens (including phenoxy) is 1. The molecule has 40 heavy (non-hydrogen) atoms. The predicted molar refractivity (Wildman–Crippen MR) is 174 cm³/mol. The Morgan fingerprint density at radius 2 is 1.75 bits per heavy atom. The van der Waals surface area contributed by atoms with E-state index < -0.39 is 0 Å². The third kappa shape index (κ3) is 6.54. The number of benzene rings is 1. The lowest BCUT2D eigenvalue weighted by molar-refractivity contribution is 0.135. The Bertz CT molecular complexity index is 1160. The molecule has 3 heterocycles. The average Bonchev–Trinajstić information content (AvgIpc) is 3.17. The van der Waals surface area contributed by atoms with Crippen LogP contribution in [0.1, 0.15) is 91.5 Å². The summed E-state index contributed by atoms with van der Waals surface area (Å²) >= 11 is 0. The van der Waals surface area contributed by atoms with E-state index in [1.165, 1.54) is 59.5 Å². The van der Waals surface area contributed by atoms with Gasteiger partial charge in [-0.3, -0.25) is 0 Å². The molecule has 220 valence electrons. The first-order chi connectivity index (χ1) is 19.3. The predicted octanol–water partition coefficient (Wildman–Crippen LogP) is 9.95. The topological polar surface area (TPSA) is 12.5 Å². The van der Waals surface area contributed by atoms with Gasteiger partial charge in [0.25, 0.3) is 0 Å². The largest absolute Gasteiger partial charge is 0.381 e. The first kappa shape index (κ1) is 30.9. The molecule has 3 fully saturated rings. The van der Waals surface area contributed by atoms with Gasteiger partial charge >= 0.3 is 0 Å². The zero-order valence-electron chi connectivity index (χ0n) is 25.7. The van der Waals surface area contributed by atoms with Gasteiger partial charge in [0.2, 0.25) is 0 Å². The molecule has 0 saturated carbocycles. The van der Waals surface area contributed by atoms with Crippen LogP contribution in [0.25, 0.3) is 5.57 Å². The van der Waals surface area contributed by atoms with Crippen molar-refractivity contribution in [2.24, 2.45) is 0 Å².